The van der Waals surface area contributed by atoms with Crippen molar-refractivity contribution in [3.05, 3.63) is 49.8 Å². The molecular formula is C21H36O3. The molecule has 0 amide bonds. The predicted octanol–water partition coefficient (Wildman–Crippen LogP) is 5.45. The van der Waals surface area contributed by atoms with Gasteiger partial charge in [-0.3, -0.25) is 0 Å². The van der Waals surface area contributed by atoms with Gasteiger partial charge in [-0.05, 0) is 45.8 Å². The molecule has 3 nitrogen and oxygen atoms in total. The Labute approximate surface area is 149 Å². The van der Waals surface area contributed by atoms with Crippen molar-refractivity contribution < 1.29 is 14.2 Å². The Balaban J connectivity index is 5.06. The lowest BCUT2D eigenvalue weighted by Crippen LogP contribution is -2.41. The van der Waals surface area contributed by atoms with Crippen molar-refractivity contribution in [3.63, 3.8) is 0 Å². The standard InChI is InChI=1S/C21H36O3/c1-10-13-18(12-3)23-20(6,7)15-19(16-22-14-11-2)24-21(8,9)17(4)5/h10-13,17,19H,1-3,14-16H2,4-9H3/b18-13+. The van der Waals surface area contributed by atoms with E-state index >= 15 is 0 Å². The van der Waals surface area contributed by atoms with Crippen molar-refractivity contribution in [2.75, 3.05) is 13.2 Å². The summed E-state index contributed by atoms with van der Waals surface area (Å²) in [5.41, 5.74) is -0.658. The number of hydrogen-bond acceptors (Lipinski definition) is 3. The molecule has 138 valence electrons. The fourth-order valence-electron chi connectivity index (χ4n) is 2.15. The van der Waals surface area contributed by atoms with Crippen LogP contribution in [0.15, 0.2) is 49.8 Å². The van der Waals surface area contributed by atoms with Gasteiger partial charge in [0.1, 0.15) is 11.4 Å². The first kappa shape index (κ1) is 22.7. The van der Waals surface area contributed by atoms with E-state index in [9.17, 15) is 0 Å². The van der Waals surface area contributed by atoms with Crippen LogP contribution in [0.4, 0.5) is 0 Å². The largest absolute Gasteiger partial charge is 0.488 e. The van der Waals surface area contributed by atoms with E-state index in [2.05, 4.69) is 47.4 Å². The summed E-state index contributed by atoms with van der Waals surface area (Å²) in [5, 5.41) is 0. The van der Waals surface area contributed by atoms with Crippen molar-refractivity contribution >= 4 is 0 Å². The molecule has 24 heavy (non-hydrogen) atoms. The molecular weight excluding hydrogens is 300 g/mol. The van der Waals surface area contributed by atoms with Crippen LogP contribution < -0.4 is 0 Å². The summed E-state index contributed by atoms with van der Waals surface area (Å²) in [7, 11) is 0. The predicted molar refractivity (Wildman–Crippen MR) is 103 cm³/mol. The van der Waals surface area contributed by atoms with Crippen molar-refractivity contribution in [2.24, 2.45) is 5.92 Å². The fraction of sp³-hybridized carbons (Fsp3) is 0.619. The van der Waals surface area contributed by atoms with Crippen molar-refractivity contribution in [1.29, 1.82) is 0 Å². The van der Waals surface area contributed by atoms with Crippen LogP contribution in [0.2, 0.25) is 0 Å². The minimum atomic E-state index is -0.418. The molecule has 0 saturated carbocycles. The summed E-state index contributed by atoms with van der Waals surface area (Å²) >= 11 is 0. The van der Waals surface area contributed by atoms with E-state index in [1.54, 1.807) is 24.3 Å². The summed E-state index contributed by atoms with van der Waals surface area (Å²) in [6, 6.07) is 0. The average Bonchev–Trinajstić information content (AvgIpc) is 2.45. The van der Waals surface area contributed by atoms with Gasteiger partial charge in [0, 0.05) is 6.42 Å². The monoisotopic (exact) mass is 336 g/mol. The van der Waals surface area contributed by atoms with E-state index in [0.29, 0.717) is 31.3 Å². The van der Waals surface area contributed by atoms with Crippen molar-refractivity contribution in [1.82, 2.24) is 0 Å². The Hall–Kier alpha value is -1.32. The maximum absolute atomic E-state index is 6.35. The van der Waals surface area contributed by atoms with E-state index in [0.717, 1.165) is 0 Å². The molecule has 0 aromatic rings. The summed E-state index contributed by atoms with van der Waals surface area (Å²) in [6.45, 7) is 24.8. The average molecular weight is 337 g/mol. The van der Waals surface area contributed by atoms with Gasteiger partial charge < -0.3 is 14.2 Å². The molecule has 0 aliphatic rings. The molecule has 3 heteroatoms. The molecule has 0 N–H and O–H groups in total. The van der Waals surface area contributed by atoms with E-state index in [-0.39, 0.29) is 11.7 Å². The molecule has 0 fully saturated rings. The molecule has 0 spiro atoms. The Morgan fingerprint density at radius 2 is 1.71 bits per heavy atom. The van der Waals surface area contributed by atoms with Gasteiger partial charge in [-0.2, -0.15) is 0 Å². The van der Waals surface area contributed by atoms with E-state index in [4.69, 9.17) is 14.2 Å². The first-order valence-corrected chi connectivity index (χ1v) is 8.58. The highest BCUT2D eigenvalue weighted by Gasteiger charge is 2.32. The van der Waals surface area contributed by atoms with Crippen LogP contribution in [0.5, 0.6) is 0 Å². The lowest BCUT2D eigenvalue weighted by molar-refractivity contribution is -0.142. The SMILES string of the molecule is C=C/C=C(\C=C)OC(C)(C)CC(COCC=C)OC(C)(C)C(C)C. The maximum atomic E-state index is 6.35. The van der Waals surface area contributed by atoms with Gasteiger partial charge in [-0.1, -0.05) is 39.2 Å². The minimum absolute atomic E-state index is 0.0767. The molecule has 1 unspecified atom stereocenters. The van der Waals surface area contributed by atoms with E-state index in [1.807, 2.05) is 13.8 Å². The molecule has 0 aromatic heterocycles. The number of rotatable bonds is 13. The highest BCUT2D eigenvalue weighted by Crippen LogP contribution is 2.28. The number of hydrogen-bond donors (Lipinski definition) is 0. The maximum Gasteiger partial charge on any atom is 0.119 e. The fourth-order valence-corrected chi connectivity index (χ4v) is 2.15. The second kappa shape index (κ2) is 10.5. The Kier molecular flexibility index (Phi) is 9.95. The van der Waals surface area contributed by atoms with Crippen molar-refractivity contribution in [3.8, 4) is 0 Å². The molecule has 0 aromatic carbocycles. The van der Waals surface area contributed by atoms with Crippen LogP contribution in [0.3, 0.4) is 0 Å². The summed E-state index contributed by atoms with van der Waals surface area (Å²) < 4.78 is 18.1. The van der Waals surface area contributed by atoms with Gasteiger partial charge in [-0.25, -0.2) is 0 Å². The molecule has 0 saturated heterocycles. The zero-order valence-electron chi connectivity index (χ0n) is 16.4. The van der Waals surface area contributed by atoms with Crippen LogP contribution in [0.25, 0.3) is 0 Å². The zero-order valence-corrected chi connectivity index (χ0v) is 16.4. The van der Waals surface area contributed by atoms with Gasteiger partial charge in [0.15, 0.2) is 0 Å². The molecule has 0 heterocycles. The third-order valence-corrected chi connectivity index (χ3v) is 4.00. The molecule has 0 aliphatic carbocycles. The van der Waals surface area contributed by atoms with Gasteiger partial charge in [0.25, 0.3) is 0 Å². The second-order valence-corrected chi connectivity index (χ2v) is 7.40. The quantitative estimate of drug-likeness (QED) is 0.194. The topological polar surface area (TPSA) is 27.7 Å². The lowest BCUT2D eigenvalue weighted by Gasteiger charge is -2.37. The molecule has 0 aliphatic heterocycles. The summed E-state index contributed by atoms with van der Waals surface area (Å²) in [4.78, 5) is 0. The van der Waals surface area contributed by atoms with E-state index in [1.165, 1.54) is 0 Å². The van der Waals surface area contributed by atoms with E-state index < -0.39 is 5.60 Å². The highest BCUT2D eigenvalue weighted by atomic mass is 16.5. The zero-order chi connectivity index (χ0) is 18.8. The van der Waals surface area contributed by atoms with Gasteiger partial charge >= 0.3 is 0 Å². The van der Waals surface area contributed by atoms with Crippen LogP contribution >= 0.6 is 0 Å². The minimum Gasteiger partial charge on any atom is -0.488 e. The first-order valence-electron chi connectivity index (χ1n) is 8.58. The van der Waals surface area contributed by atoms with Crippen LogP contribution in [0.1, 0.15) is 48.0 Å². The summed E-state index contributed by atoms with van der Waals surface area (Å²) in [6.07, 6.45) is 7.54. The summed E-state index contributed by atoms with van der Waals surface area (Å²) in [5.74, 6) is 1.09. The molecule has 0 radical (unpaired) electrons. The van der Waals surface area contributed by atoms with Crippen LogP contribution in [0, 0.1) is 5.92 Å². The van der Waals surface area contributed by atoms with Gasteiger partial charge in [0.2, 0.25) is 0 Å². The third kappa shape index (κ3) is 9.09. The Morgan fingerprint density at radius 3 is 2.17 bits per heavy atom. The number of allylic oxidation sites excluding steroid dienone is 3. The normalized spacial score (nSPS) is 14.4. The third-order valence-electron chi connectivity index (χ3n) is 4.00. The molecule has 0 bridgehead atoms. The van der Waals surface area contributed by atoms with Crippen LogP contribution in [-0.2, 0) is 14.2 Å². The first-order chi connectivity index (χ1) is 11.1. The molecule has 1 atom stereocenters. The van der Waals surface area contributed by atoms with Gasteiger partial charge in [0.05, 0.1) is 24.9 Å². The van der Waals surface area contributed by atoms with Crippen molar-refractivity contribution in [2.45, 2.75) is 65.3 Å². The Morgan fingerprint density at radius 1 is 1.08 bits per heavy atom. The smallest absolute Gasteiger partial charge is 0.119 e. The lowest BCUT2D eigenvalue weighted by atomic mass is 9.93. The number of ether oxygens (including phenoxy) is 3. The molecule has 0 rings (SSSR count). The Bertz CT molecular complexity index is 430. The second-order valence-electron chi connectivity index (χ2n) is 7.40. The van der Waals surface area contributed by atoms with Gasteiger partial charge in [-0.15, -0.1) is 6.58 Å². The highest BCUT2D eigenvalue weighted by molar-refractivity contribution is 5.15. The van der Waals surface area contributed by atoms with Crippen LogP contribution in [-0.4, -0.2) is 30.5 Å².